The van der Waals surface area contributed by atoms with Gasteiger partial charge in [0, 0.05) is 112 Å². The Morgan fingerprint density at radius 1 is 0.204 bits per heavy atom. The van der Waals surface area contributed by atoms with Gasteiger partial charge in [0.25, 0.3) is 0 Å². The van der Waals surface area contributed by atoms with Crippen molar-refractivity contribution in [2.45, 2.75) is 0 Å². The van der Waals surface area contributed by atoms with Crippen LogP contribution in [0.2, 0.25) is 0 Å². The van der Waals surface area contributed by atoms with Crippen molar-refractivity contribution in [2.75, 3.05) is 0 Å². The molecule has 0 N–H and O–H groups in total. The van der Waals surface area contributed by atoms with Crippen LogP contribution in [0.5, 0.6) is 0 Å². The van der Waals surface area contributed by atoms with Crippen LogP contribution in [0.3, 0.4) is 0 Å². The van der Waals surface area contributed by atoms with Crippen LogP contribution in [0.25, 0.3) is 285 Å². The molecule has 0 aliphatic rings. The summed E-state index contributed by atoms with van der Waals surface area (Å²) in [5.74, 6) is 1.88. The lowest BCUT2D eigenvalue weighted by Crippen LogP contribution is -2.02. The minimum atomic E-state index is 0.622. The molecule has 0 saturated carbocycles. The van der Waals surface area contributed by atoms with Crippen LogP contribution in [0.1, 0.15) is 0 Å². The number of aromatic nitrogens is 10. The van der Waals surface area contributed by atoms with Gasteiger partial charge in [0.05, 0.1) is 67.8 Å². The Bertz CT molecular complexity index is 9930. The third-order valence-corrected chi connectivity index (χ3v) is 27.5. The van der Waals surface area contributed by atoms with E-state index in [1.807, 2.05) is 97.5 Å². The van der Waals surface area contributed by atoms with Gasteiger partial charge >= 0.3 is 0 Å². The van der Waals surface area contributed by atoms with Gasteiger partial charge in [0.1, 0.15) is 0 Å². The summed E-state index contributed by atoms with van der Waals surface area (Å²) < 4.78 is 2.30. The Morgan fingerprint density at radius 2 is 0.547 bits per heavy atom. The quantitative estimate of drug-likeness (QED) is 0.0830. The van der Waals surface area contributed by atoms with Crippen molar-refractivity contribution in [1.29, 1.82) is 0 Å². The fraction of sp³-hybridized carbons (Fsp3) is 0. The molecule has 0 unspecified atom stereocenters. The maximum Gasteiger partial charge on any atom is 0.188 e. The van der Waals surface area contributed by atoms with Crippen LogP contribution < -0.4 is 0 Å². The van der Waals surface area contributed by atoms with Crippen molar-refractivity contribution in [1.82, 2.24) is 49.4 Å². The van der Waals surface area contributed by atoms with Gasteiger partial charge in [-0.25, -0.2) is 34.7 Å². The van der Waals surface area contributed by atoms with E-state index >= 15 is 0 Å². The number of para-hydroxylation sites is 4. The molecule has 0 aliphatic heterocycles. The maximum atomic E-state index is 7.79. The molecular formula is C126H73N11. The molecule has 0 saturated heterocycles. The molecule has 0 amide bonds. The predicted octanol–water partition coefficient (Wildman–Crippen LogP) is 32.8. The number of nitrogens with zero attached hydrogens (tertiary/aromatic N) is 11. The largest absolute Gasteiger partial charge is 0.309 e. The third kappa shape index (κ3) is 12.6. The Kier molecular flexibility index (Phi) is 18.1. The molecule has 0 aliphatic carbocycles. The van der Waals surface area contributed by atoms with Crippen LogP contribution in [0, 0.1) is 6.57 Å². The summed E-state index contributed by atoms with van der Waals surface area (Å²) in [6.07, 6.45) is 5.93. The van der Waals surface area contributed by atoms with Gasteiger partial charge in [-0.3, -0.25) is 15.0 Å². The van der Waals surface area contributed by atoms with Gasteiger partial charge in [0.2, 0.25) is 0 Å². The average Bonchev–Trinajstić information content (AvgIpc) is 1.45. The zero-order valence-corrected chi connectivity index (χ0v) is 73.6. The fourth-order valence-corrected chi connectivity index (χ4v) is 21.5. The Balaban J connectivity index is 0.000000106. The van der Waals surface area contributed by atoms with Crippen molar-refractivity contribution in [3.63, 3.8) is 0 Å². The Morgan fingerprint density at radius 3 is 1.01 bits per heavy atom. The summed E-state index contributed by atoms with van der Waals surface area (Å²) in [5, 5.41) is 32.2. The maximum absolute atomic E-state index is 7.79. The van der Waals surface area contributed by atoms with E-state index in [0.717, 1.165) is 208 Å². The first-order chi connectivity index (χ1) is 67.9. The molecular weight excluding hydrogens is 1670 g/mol. The third-order valence-electron chi connectivity index (χ3n) is 27.5. The molecule has 0 spiro atoms. The molecule has 0 bridgehead atoms. The molecule has 8 aromatic heterocycles. The lowest BCUT2D eigenvalue weighted by Gasteiger charge is -2.19. The van der Waals surface area contributed by atoms with Crippen molar-refractivity contribution >= 4 is 201 Å². The number of rotatable bonds is 8. The highest BCUT2D eigenvalue weighted by Gasteiger charge is 2.28. The summed E-state index contributed by atoms with van der Waals surface area (Å²) in [5.41, 5.74) is 20.6. The van der Waals surface area contributed by atoms with Crippen LogP contribution in [0.4, 0.5) is 5.69 Å². The SMILES string of the molecule is [C-]#[N+]c1ccc2c(c1)c1cc(-c3c4ccccc4c(-c4nc5ccccc5c5c4ncc4ccccc45)c4ccccc34)ccc1n2-c1ccccc1.c1ccc(-c2nc(-c3ccccc3)nc(-c3c4ccccc4c(-c4nc5ccccc5c5c4ncc4ccccc45)c4ccccc34)n2)cc1.c1ccc2c(c1)cnc1c(-c3ccc4ccc5cccc6ccc3c4c56)nc3ccccc3c12. The van der Waals surface area contributed by atoms with E-state index in [4.69, 9.17) is 51.4 Å². The molecule has 11 heteroatoms. The smallest absolute Gasteiger partial charge is 0.188 e. The second-order valence-electron chi connectivity index (χ2n) is 35.0. The molecule has 0 radical (unpaired) electrons. The molecule has 29 rings (SSSR count). The van der Waals surface area contributed by atoms with E-state index in [-0.39, 0.29) is 0 Å². The van der Waals surface area contributed by atoms with Crippen LogP contribution in [0.15, 0.2) is 443 Å². The number of pyridine rings is 6. The molecule has 632 valence electrons. The van der Waals surface area contributed by atoms with E-state index in [2.05, 4.69) is 355 Å². The first kappa shape index (κ1) is 78.1. The van der Waals surface area contributed by atoms with Crippen LogP contribution >= 0.6 is 0 Å². The molecule has 137 heavy (non-hydrogen) atoms. The fourth-order valence-electron chi connectivity index (χ4n) is 21.5. The average molecular weight is 1740 g/mol. The zero-order valence-electron chi connectivity index (χ0n) is 73.6. The van der Waals surface area contributed by atoms with Crippen molar-refractivity contribution in [2.24, 2.45) is 0 Å². The van der Waals surface area contributed by atoms with Gasteiger partial charge in [-0.2, -0.15) is 0 Å². The second-order valence-corrected chi connectivity index (χ2v) is 35.0. The lowest BCUT2D eigenvalue weighted by molar-refractivity contribution is 1.08. The van der Waals surface area contributed by atoms with E-state index in [1.54, 1.807) is 0 Å². The second kappa shape index (κ2) is 31.8. The normalized spacial score (nSPS) is 11.8. The van der Waals surface area contributed by atoms with E-state index in [0.29, 0.717) is 23.2 Å². The van der Waals surface area contributed by atoms with Gasteiger partial charge in [-0.15, -0.1) is 0 Å². The summed E-state index contributed by atoms with van der Waals surface area (Å²) in [7, 11) is 0. The summed E-state index contributed by atoms with van der Waals surface area (Å²) >= 11 is 0. The van der Waals surface area contributed by atoms with Crippen LogP contribution in [-0.2, 0) is 0 Å². The standard InChI is InChI=1S/C49H28N4.C45H27N5.C32H18N2/c1-50-32-24-26-44-41(28-32)40-27-30(23-25-43(40)53(44)33-14-3-2-4-15-33)45-35-17-7-9-19-37(35)47(38-20-10-8-18-36(38)45)49-48-46(39-21-11-12-22-42(39)52-49)34-16-6-5-13-31(34)29-51-48;1-3-15-28(16-4-1)43-48-44(29-17-5-2-6-18-29)50-45(49-43)40-34-23-11-9-21-32(34)39(33-22-10-12-24-35(33)40)42-41-38(36-25-13-14-26-37(36)47-42)31-20-8-7-19-30(31)27-46-41;1-2-9-23-22(6-1)18-33-32-30(23)26-10-3-4-11-27(26)34-31(32)25-17-15-21-13-12-19-7-5-8-20-14-16-24(25)29(21)28(19)20/h2-29H;1-27H;1-18H. The topological polar surface area (TPSA) is 125 Å². The molecule has 0 atom stereocenters. The molecule has 0 fully saturated rings. The summed E-state index contributed by atoms with van der Waals surface area (Å²) in [4.78, 5) is 50.4. The van der Waals surface area contributed by atoms with Crippen molar-refractivity contribution < 1.29 is 0 Å². The molecule has 21 aromatic carbocycles. The van der Waals surface area contributed by atoms with E-state index < -0.39 is 0 Å². The number of hydrogen-bond acceptors (Lipinski definition) is 9. The van der Waals surface area contributed by atoms with Gasteiger partial charge in [-0.05, 0) is 163 Å². The zero-order chi connectivity index (χ0) is 90.3. The monoisotopic (exact) mass is 1740 g/mol. The number of fused-ring (bicyclic) bond motifs is 22. The van der Waals surface area contributed by atoms with Gasteiger partial charge in [-0.1, -0.05) is 370 Å². The predicted molar refractivity (Wildman–Crippen MR) is 569 cm³/mol. The Labute approximate surface area is 784 Å². The highest BCUT2D eigenvalue weighted by molar-refractivity contribution is 6.32. The van der Waals surface area contributed by atoms with E-state index in [9.17, 15) is 0 Å². The van der Waals surface area contributed by atoms with Crippen molar-refractivity contribution in [3.05, 3.63) is 455 Å². The number of hydrogen-bond donors (Lipinski definition) is 0. The lowest BCUT2D eigenvalue weighted by atomic mass is 9.86. The molecule has 8 heterocycles. The minimum absolute atomic E-state index is 0.622. The summed E-state index contributed by atoms with van der Waals surface area (Å²) in [6, 6.07) is 149. The van der Waals surface area contributed by atoms with Gasteiger partial charge < -0.3 is 4.57 Å². The van der Waals surface area contributed by atoms with Gasteiger partial charge in [0.15, 0.2) is 23.2 Å². The molecule has 11 nitrogen and oxygen atoms in total. The molecule has 29 aromatic rings. The highest BCUT2D eigenvalue weighted by Crippen LogP contribution is 2.51. The number of benzene rings is 21. The van der Waals surface area contributed by atoms with E-state index in [1.165, 1.54) is 54.0 Å². The first-order valence-corrected chi connectivity index (χ1v) is 46.1. The first-order valence-electron chi connectivity index (χ1n) is 46.1. The highest BCUT2D eigenvalue weighted by atomic mass is 15.0. The van der Waals surface area contributed by atoms with Crippen molar-refractivity contribution in [3.8, 4) is 84.7 Å². The minimum Gasteiger partial charge on any atom is -0.309 e. The summed E-state index contributed by atoms with van der Waals surface area (Å²) in [6.45, 7) is 7.79. The Hall–Kier alpha value is -18.8. The van der Waals surface area contributed by atoms with Crippen LogP contribution in [-0.4, -0.2) is 49.4 Å².